The molecule has 10 nitrogen and oxygen atoms in total. The standard InChI is InChI=1S/C18H25N5O3.C2HF3O2/c1-2-3-14(17(24)25)15(16-20-22-23-21-16)10-12-4-6-13(7-5-12)18(26)8-9-19-11-18;3-2(4,5)1(6)7/h4-7,14-15,19,26H,2-3,8-11H2,1H3,(H,24,25)(H,20,21,22,23);(H,6,7)/t14-,15-,18?;/m0./s1. The minimum Gasteiger partial charge on any atom is -0.542 e. The van der Waals surface area contributed by atoms with Gasteiger partial charge in [0.1, 0.15) is 18.1 Å². The van der Waals surface area contributed by atoms with Crippen LogP contribution in [0.2, 0.25) is 0 Å². The van der Waals surface area contributed by atoms with Gasteiger partial charge in [-0.05, 0) is 24.0 Å². The molecular formula is C20H26F3N5O5. The lowest BCUT2D eigenvalue weighted by Gasteiger charge is -2.22. The SMILES string of the molecule is CCC[C@H](C(=O)O)[C@H](Cc1ccc(C2(O)CC[NH2+]C2)cc1)c1nn[nH]n1.O=C([O-])C(F)(F)F. The second-order valence-electron chi connectivity index (χ2n) is 7.86. The predicted octanol–water partition coefficient (Wildman–Crippen LogP) is -0.520. The van der Waals surface area contributed by atoms with Gasteiger partial charge in [-0.3, -0.25) is 4.79 Å². The maximum absolute atomic E-state index is 11.8. The molecule has 1 aromatic heterocycles. The van der Waals surface area contributed by atoms with Crippen LogP contribution in [0.5, 0.6) is 0 Å². The highest BCUT2D eigenvalue weighted by Gasteiger charge is 2.36. The van der Waals surface area contributed by atoms with E-state index < -0.39 is 29.6 Å². The summed E-state index contributed by atoms with van der Waals surface area (Å²) in [5.74, 6) is -4.33. The third kappa shape index (κ3) is 7.22. The molecule has 0 amide bonds. The number of aromatic nitrogens is 4. The number of halogens is 3. The van der Waals surface area contributed by atoms with Crippen molar-refractivity contribution in [2.45, 2.75) is 50.3 Å². The number of rotatable bonds is 8. The van der Waals surface area contributed by atoms with Crippen molar-refractivity contribution < 1.29 is 43.4 Å². The number of carboxylic acid groups (broad SMARTS) is 2. The van der Waals surface area contributed by atoms with Crippen molar-refractivity contribution in [1.29, 1.82) is 0 Å². The van der Waals surface area contributed by atoms with Crippen LogP contribution >= 0.6 is 0 Å². The fraction of sp³-hybridized carbons (Fsp3) is 0.550. The molecule has 0 bridgehead atoms. The first-order chi connectivity index (χ1) is 15.5. The molecule has 182 valence electrons. The number of nitrogens with one attached hydrogen (secondary N) is 1. The summed E-state index contributed by atoms with van der Waals surface area (Å²) in [4.78, 5) is 20.5. The van der Waals surface area contributed by atoms with Crippen molar-refractivity contribution >= 4 is 11.9 Å². The van der Waals surface area contributed by atoms with E-state index in [0.717, 1.165) is 30.5 Å². The molecule has 1 saturated heterocycles. The number of hydrogen-bond acceptors (Lipinski definition) is 7. The van der Waals surface area contributed by atoms with Gasteiger partial charge < -0.3 is 25.4 Å². The Labute approximate surface area is 187 Å². The zero-order valence-electron chi connectivity index (χ0n) is 17.9. The fourth-order valence-electron chi connectivity index (χ4n) is 3.80. The highest BCUT2D eigenvalue weighted by atomic mass is 19.4. The van der Waals surface area contributed by atoms with Crippen LogP contribution in [-0.4, -0.2) is 62.0 Å². The van der Waals surface area contributed by atoms with Gasteiger partial charge in [0.05, 0.1) is 12.5 Å². The van der Waals surface area contributed by atoms with Crippen LogP contribution in [0.15, 0.2) is 24.3 Å². The van der Waals surface area contributed by atoms with Gasteiger partial charge in [-0.2, -0.15) is 18.4 Å². The van der Waals surface area contributed by atoms with Gasteiger partial charge >= 0.3 is 12.1 Å². The smallest absolute Gasteiger partial charge is 0.430 e. The molecule has 13 heteroatoms. The fourth-order valence-corrected chi connectivity index (χ4v) is 3.80. The van der Waals surface area contributed by atoms with Gasteiger partial charge in [-0.25, -0.2) is 0 Å². The van der Waals surface area contributed by atoms with E-state index in [0.29, 0.717) is 25.2 Å². The summed E-state index contributed by atoms with van der Waals surface area (Å²) in [7, 11) is 0. The molecule has 0 spiro atoms. The van der Waals surface area contributed by atoms with Gasteiger partial charge in [0.15, 0.2) is 5.82 Å². The van der Waals surface area contributed by atoms with E-state index in [1.807, 2.05) is 31.2 Å². The molecule has 1 aromatic carbocycles. The van der Waals surface area contributed by atoms with Crippen molar-refractivity contribution in [3.05, 3.63) is 41.2 Å². The van der Waals surface area contributed by atoms with E-state index in [9.17, 15) is 28.2 Å². The molecule has 0 aliphatic carbocycles. The van der Waals surface area contributed by atoms with E-state index in [2.05, 4.69) is 25.9 Å². The Morgan fingerprint density at radius 2 is 1.94 bits per heavy atom. The highest BCUT2D eigenvalue weighted by Crippen LogP contribution is 2.31. The Kier molecular flexibility index (Phi) is 8.88. The van der Waals surface area contributed by atoms with Crippen molar-refractivity contribution in [1.82, 2.24) is 20.6 Å². The Hall–Kier alpha value is -3.06. The third-order valence-electron chi connectivity index (χ3n) is 5.52. The van der Waals surface area contributed by atoms with Crippen LogP contribution in [0.1, 0.15) is 49.1 Å². The molecular weight excluding hydrogens is 447 g/mol. The number of carbonyl (C=O) groups excluding carboxylic acids is 1. The topological polar surface area (TPSA) is 169 Å². The van der Waals surface area contributed by atoms with Crippen LogP contribution < -0.4 is 10.4 Å². The first-order valence-electron chi connectivity index (χ1n) is 10.4. The first-order valence-corrected chi connectivity index (χ1v) is 10.4. The van der Waals surface area contributed by atoms with E-state index in [-0.39, 0.29) is 5.92 Å². The summed E-state index contributed by atoms with van der Waals surface area (Å²) in [6.45, 7) is 3.57. The number of carboxylic acids is 2. The van der Waals surface area contributed by atoms with Crippen LogP contribution in [-0.2, 0) is 21.6 Å². The summed E-state index contributed by atoms with van der Waals surface area (Å²) < 4.78 is 31.5. The average molecular weight is 473 g/mol. The number of hydrogen-bond donors (Lipinski definition) is 4. The number of nitrogens with zero attached hydrogens (tertiary/aromatic N) is 3. The van der Waals surface area contributed by atoms with Crippen LogP contribution in [0, 0.1) is 5.92 Å². The predicted molar refractivity (Wildman–Crippen MR) is 104 cm³/mol. The van der Waals surface area contributed by atoms with Crippen molar-refractivity contribution in [2.24, 2.45) is 5.92 Å². The van der Waals surface area contributed by atoms with E-state index in [1.165, 1.54) is 0 Å². The minimum absolute atomic E-state index is 0.347. The third-order valence-corrected chi connectivity index (χ3v) is 5.52. The van der Waals surface area contributed by atoms with Gasteiger partial charge in [-0.1, -0.05) is 42.8 Å². The molecule has 3 atom stereocenters. The number of carbonyl (C=O) groups is 2. The molecule has 2 aromatic rings. The van der Waals surface area contributed by atoms with Crippen molar-refractivity contribution in [3.8, 4) is 0 Å². The Morgan fingerprint density at radius 1 is 1.30 bits per heavy atom. The molecule has 5 N–H and O–H groups in total. The summed E-state index contributed by atoms with van der Waals surface area (Å²) in [6.07, 6.45) is -2.60. The molecule has 33 heavy (non-hydrogen) atoms. The normalized spacial score (nSPS) is 19.9. The number of aliphatic carboxylic acids is 2. The Morgan fingerprint density at radius 3 is 2.36 bits per heavy atom. The monoisotopic (exact) mass is 473 g/mol. The van der Waals surface area contributed by atoms with Gasteiger partial charge in [0, 0.05) is 12.3 Å². The van der Waals surface area contributed by atoms with Gasteiger partial charge in [0.25, 0.3) is 0 Å². The molecule has 3 rings (SSSR count). The lowest BCUT2D eigenvalue weighted by atomic mass is 9.83. The second kappa shape index (κ2) is 11.2. The van der Waals surface area contributed by atoms with Crippen LogP contribution in [0.25, 0.3) is 0 Å². The average Bonchev–Trinajstić information content (AvgIpc) is 3.43. The summed E-state index contributed by atoms with van der Waals surface area (Å²) in [5, 5.41) is 45.3. The molecule has 1 aliphatic heterocycles. The zero-order valence-corrected chi connectivity index (χ0v) is 17.9. The molecule has 1 aliphatic rings. The van der Waals surface area contributed by atoms with Gasteiger partial charge in [-0.15, -0.1) is 10.2 Å². The number of nitrogens with two attached hydrogens (primary N) is 1. The number of benzene rings is 1. The number of tetrazole rings is 1. The molecule has 0 saturated carbocycles. The second-order valence-corrected chi connectivity index (χ2v) is 7.86. The number of aliphatic hydroxyl groups is 1. The number of alkyl halides is 3. The highest BCUT2D eigenvalue weighted by molar-refractivity contribution is 5.71. The Bertz CT molecular complexity index is 900. The van der Waals surface area contributed by atoms with Gasteiger partial charge in [0.2, 0.25) is 0 Å². The largest absolute Gasteiger partial charge is 0.542 e. The van der Waals surface area contributed by atoms with Crippen LogP contribution in [0.4, 0.5) is 13.2 Å². The molecule has 2 heterocycles. The summed E-state index contributed by atoms with van der Waals surface area (Å²) >= 11 is 0. The zero-order chi connectivity index (χ0) is 24.6. The van der Waals surface area contributed by atoms with E-state index in [1.54, 1.807) is 0 Å². The Balaban J connectivity index is 0.000000479. The summed E-state index contributed by atoms with van der Waals surface area (Å²) in [6, 6.07) is 7.81. The minimum atomic E-state index is -5.19. The van der Waals surface area contributed by atoms with E-state index >= 15 is 0 Å². The molecule has 1 fully saturated rings. The lowest BCUT2D eigenvalue weighted by molar-refractivity contribution is -0.642. The number of aromatic amines is 1. The molecule has 0 radical (unpaired) electrons. The molecule has 1 unspecified atom stereocenters. The number of quaternary nitrogens is 1. The lowest BCUT2D eigenvalue weighted by Crippen LogP contribution is -2.82. The quantitative estimate of drug-likeness (QED) is 0.397. The van der Waals surface area contributed by atoms with E-state index in [4.69, 9.17) is 9.90 Å². The van der Waals surface area contributed by atoms with Crippen molar-refractivity contribution in [2.75, 3.05) is 13.1 Å². The first kappa shape index (κ1) is 26.2. The van der Waals surface area contributed by atoms with Crippen LogP contribution in [0.3, 0.4) is 0 Å². The maximum Gasteiger partial charge on any atom is 0.430 e. The maximum atomic E-state index is 11.8. The number of H-pyrrole nitrogens is 1. The van der Waals surface area contributed by atoms with Crippen molar-refractivity contribution in [3.63, 3.8) is 0 Å². The summed E-state index contributed by atoms with van der Waals surface area (Å²) in [5.41, 5.74) is 1.14.